The predicted molar refractivity (Wildman–Crippen MR) is 86.3 cm³/mol. The summed E-state index contributed by atoms with van der Waals surface area (Å²) < 4.78 is 17.3. The Labute approximate surface area is 146 Å². The number of aliphatic hydroxyl groups is 1. The molecule has 7 nitrogen and oxygen atoms in total. The number of rotatable bonds is 5. The van der Waals surface area contributed by atoms with Crippen LogP contribution in [-0.2, 0) is 23.8 Å². The Morgan fingerprint density at radius 3 is 2.68 bits per heavy atom. The second-order valence-electron chi connectivity index (χ2n) is 7.43. The first-order chi connectivity index (χ1) is 11.9. The lowest BCUT2D eigenvalue weighted by atomic mass is 9.83. The first-order valence-corrected chi connectivity index (χ1v) is 8.94. The van der Waals surface area contributed by atoms with Crippen LogP contribution in [0.1, 0.15) is 46.0 Å². The largest absolute Gasteiger partial charge is 0.478 e. The van der Waals surface area contributed by atoms with Crippen LogP contribution in [0.15, 0.2) is 11.8 Å². The normalized spacial score (nSPS) is 40.8. The van der Waals surface area contributed by atoms with Crippen molar-refractivity contribution in [2.45, 2.75) is 70.7 Å². The summed E-state index contributed by atoms with van der Waals surface area (Å²) in [5.74, 6) is -0.863. The minimum Gasteiger partial charge on any atom is -0.478 e. The van der Waals surface area contributed by atoms with Crippen molar-refractivity contribution in [3.05, 3.63) is 11.8 Å². The SMILES string of the molecule is CC(=O)CC1CCC(O)C(OC2OC=C(C(=O)O)C3CCC(C)C23)O1. The second-order valence-corrected chi connectivity index (χ2v) is 7.43. The summed E-state index contributed by atoms with van der Waals surface area (Å²) in [7, 11) is 0. The number of carbonyl (C=O) groups excluding carboxylic acids is 1. The fourth-order valence-electron chi connectivity index (χ4n) is 4.26. The van der Waals surface area contributed by atoms with E-state index in [0.29, 0.717) is 19.3 Å². The van der Waals surface area contributed by atoms with Gasteiger partial charge in [-0.3, -0.25) is 4.79 Å². The highest BCUT2D eigenvalue weighted by Gasteiger charge is 2.48. The molecule has 7 unspecified atom stereocenters. The molecule has 140 valence electrons. The Morgan fingerprint density at radius 1 is 1.24 bits per heavy atom. The van der Waals surface area contributed by atoms with E-state index in [1.54, 1.807) is 0 Å². The minimum atomic E-state index is -0.960. The van der Waals surface area contributed by atoms with Gasteiger partial charge in [-0.2, -0.15) is 0 Å². The molecule has 3 aliphatic rings. The van der Waals surface area contributed by atoms with Crippen molar-refractivity contribution in [1.82, 2.24) is 0 Å². The maximum Gasteiger partial charge on any atom is 0.334 e. The summed E-state index contributed by atoms with van der Waals surface area (Å²) in [4.78, 5) is 22.7. The number of hydrogen-bond acceptors (Lipinski definition) is 6. The van der Waals surface area contributed by atoms with E-state index >= 15 is 0 Å². The summed E-state index contributed by atoms with van der Waals surface area (Å²) in [5.41, 5.74) is 0.286. The molecule has 1 saturated carbocycles. The molecule has 25 heavy (non-hydrogen) atoms. The number of fused-ring (bicyclic) bond motifs is 1. The fourth-order valence-corrected chi connectivity index (χ4v) is 4.26. The third kappa shape index (κ3) is 3.88. The van der Waals surface area contributed by atoms with Crippen LogP contribution in [0.3, 0.4) is 0 Å². The maximum absolute atomic E-state index is 11.4. The Kier molecular flexibility index (Phi) is 5.46. The smallest absolute Gasteiger partial charge is 0.334 e. The molecule has 1 saturated heterocycles. The van der Waals surface area contributed by atoms with Gasteiger partial charge in [0, 0.05) is 18.3 Å². The Hall–Kier alpha value is -1.44. The lowest BCUT2D eigenvalue weighted by Crippen LogP contribution is -2.47. The van der Waals surface area contributed by atoms with Gasteiger partial charge in [0.2, 0.25) is 6.29 Å². The number of carboxylic acid groups (broad SMARTS) is 1. The van der Waals surface area contributed by atoms with E-state index < -0.39 is 24.7 Å². The molecule has 0 aromatic rings. The lowest BCUT2D eigenvalue weighted by Gasteiger charge is -2.40. The summed E-state index contributed by atoms with van der Waals surface area (Å²) in [6, 6.07) is 0. The molecule has 0 bridgehead atoms. The van der Waals surface area contributed by atoms with E-state index in [1.807, 2.05) is 0 Å². The van der Waals surface area contributed by atoms with Crippen molar-refractivity contribution in [2.24, 2.45) is 17.8 Å². The van der Waals surface area contributed by atoms with Crippen molar-refractivity contribution in [2.75, 3.05) is 0 Å². The number of aliphatic hydroxyl groups excluding tert-OH is 1. The highest BCUT2D eigenvalue weighted by Crippen LogP contribution is 2.47. The molecule has 0 amide bonds. The van der Waals surface area contributed by atoms with E-state index in [1.165, 1.54) is 13.2 Å². The van der Waals surface area contributed by atoms with Crippen molar-refractivity contribution in [3.63, 3.8) is 0 Å². The van der Waals surface area contributed by atoms with Crippen LogP contribution < -0.4 is 0 Å². The second kappa shape index (κ2) is 7.43. The maximum atomic E-state index is 11.4. The Morgan fingerprint density at radius 2 is 2.00 bits per heavy atom. The van der Waals surface area contributed by atoms with E-state index in [2.05, 4.69) is 6.92 Å². The van der Waals surface area contributed by atoms with E-state index in [9.17, 15) is 19.8 Å². The third-order valence-corrected chi connectivity index (χ3v) is 5.55. The van der Waals surface area contributed by atoms with Gasteiger partial charge in [0.1, 0.15) is 11.9 Å². The third-order valence-electron chi connectivity index (χ3n) is 5.55. The van der Waals surface area contributed by atoms with Gasteiger partial charge in [-0.25, -0.2) is 4.79 Å². The van der Waals surface area contributed by atoms with Gasteiger partial charge >= 0.3 is 5.97 Å². The number of ketones is 1. The lowest BCUT2D eigenvalue weighted by molar-refractivity contribution is -0.307. The summed E-state index contributed by atoms with van der Waals surface area (Å²) in [5, 5.41) is 19.6. The number of carboxylic acids is 1. The Balaban J connectivity index is 1.70. The van der Waals surface area contributed by atoms with Crippen LogP contribution >= 0.6 is 0 Å². The van der Waals surface area contributed by atoms with Gasteiger partial charge in [-0.15, -0.1) is 0 Å². The number of hydrogen-bond donors (Lipinski definition) is 2. The highest BCUT2D eigenvalue weighted by atomic mass is 16.8. The van der Waals surface area contributed by atoms with Gasteiger partial charge < -0.3 is 24.4 Å². The number of aliphatic carboxylic acids is 1. The molecule has 0 spiro atoms. The monoisotopic (exact) mass is 354 g/mol. The van der Waals surface area contributed by atoms with Crippen molar-refractivity contribution in [1.29, 1.82) is 0 Å². The molecule has 7 atom stereocenters. The zero-order chi connectivity index (χ0) is 18.1. The molecule has 0 radical (unpaired) electrons. The molecular weight excluding hydrogens is 328 g/mol. The molecule has 2 heterocycles. The van der Waals surface area contributed by atoms with Crippen LogP contribution in [0.5, 0.6) is 0 Å². The predicted octanol–water partition coefficient (Wildman–Crippen LogP) is 1.84. The van der Waals surface area contributed by atoms with E-state index in [-0.39, 0.29) is 35.2 Å². The fraction of sp³-hybridized carbons (Fsp3) is 0.778. The zero-order valence-electron chi connectivity index (χ0n) is 14.6. The molecule has 2 aliphatic heterocycles. The van der Waals surface area contributed by atoms with Crippen molar-refractivity contribution < 1.29 is 34.0 Å². The Bertz CT molecular complexity index is 558. The molecule has 0 aromatic heterocycles. The van der Waals surface area contributed by atoms with Crippen molar-refractivity contribution in [3.8, 4) is 0 Å². The average molecular weight is 354 g/mol. The van der Waals surface area contributed by atoms with Gasteiger partial charge in [-0.05, 0) is 38.5 Å². The van der Waals surface area contributed by atoms with Crippen molar-refractivity contribution >= 4 is 11.8 Å². The van der Waals surface area contributed by atoms with Gasteiger partial charge in [-0.1, -0.05) is 6.92 Å². The first-order valence-electron chi connectivity index (χ1n) is 8.94. The van der Waals surface area contributed by atoms with Gasteiger partial charge in [0.15, 0.2) is 6.29 Å². The van der Waals surface area contributed by atoms with Gasteiger partial charge in [0.05, 0.1) is 17.9 Å². The summed E-state index contributed by atoms with van der Waals surface area (Å²) >= 11 is 0. The molecule has 2 fully saturated rings. The van der Waals surface area contributed by atoms with Crippen LogP contribution in [-0.4, -0.2) is 46.8 Å². The highest BCUT2D eigenvalue weighted by molar-refractivity contribution is 5.87. The standard InChI is InChI=1S/C18H26O7/c1-9-3-5-12-13(16(21)22)8-23-18(15(9)12)25-17-14(20)6-4-11(24-17)7-10(2)19/h8-9,11-12,14-15,17-18,20H,3-7H2,1-2H3,(H,21,22). The quantitative estimate of drug-likeness (QED) is 0.776. The van der Waals surface area contributed by atoms with Crippen LogP contribution in [0.2, 0.25) is 0 Å². The summed E-state index contributed by atoms with van der Waals surface area (Å²) in [6.45, 7) is 3.57. The minimum absolute atomic E-state index is 0.0348. The molecule has 3 rings (SSSR count). The number of carbonyl (C=O) groups is 2. The molecule has 0 aromatic carbocycles. The zero-order valence-corrected chi connectivity index (χ0v) is 14.6. The van der Waals surface area contributed by atoms with Gasteiger partial charge in [0.25, 0.3) is 0 Å². The average Bonchev–Trinajstić information content (AvgIpc) is 2.92. The molecule has 1 aliphatic carbocycles. The number of Topliss-reactive ketones (excluding diaryl/α,β-unsaturated/α-hetero) is 1. The van der Waals surface area contributed by atoms with E-state index in [0.717, 1.165) is 12.8 Å². The summed E-state index contributed by atoms with van der Waals surface area (Å²) in [6.07, 6.45) is 1.80. The van der Waals surface area contributed by atoms with Crippen LogP contribution in [0, 0.1) is 17.8 Å². The molecule has 7 heteroatoms. The van der Waals surface area contributed by atoms with Crippen LogP contribution in [0.4, 0.5) is 0 Å². The molecule has 2 N–H and O–H groups in total. The molecular formula is C18H26O7. The van der Waals surface area contributed by atoms with E-state index in [4.69, 9.17) is 14.2 Å². The first kappa shape index (κ1) is 18.4. The topological polar surface area (TPSA) is 102 Å². The van der Waals surface area contributed by atoms with Crippen LogP contribution in [0.25, 0.3) is 0 Å². The number of ether oxygens (including phenoxy) is 3.